The van der Waals surface area contributed by atoms with Crippen molar-refractivity contribution >= 4 is 39.2 Å². The van der Waals surface area contributed by atoms with Gasteiger partial charge in [-0.15, -0.1) is 23.1 Å². The van der Waals surface area contributed by atoms with Crippen LogP contribution in [0.3, 0.4) is 0 Å². The molecule has 0 bridgehead atoms. The van der Waals surface area contributed by atoms with Gasteiger partial charge in [0.2, 0.25) is 5.91 Å². The fourth-order valence-corrected chi connectivity index (χ4v) is 5.01. The molecule has 0 saturated heterocycles. The molecular weight excluding hydrogens is 418 g/mol. The molecule has 8 heteroatoms. The Morgan fingerprint density at radius 2 is 2.00 bits per heavy atom. The van der Waals surface area contributed by atoms with Crippen LogP contribution in [-0.2, 0) is 10.5 Å². The van der Waals surface area contributed by atoms with E-state index in [1.165, 1.54) is 23.1 Å². The molecule has 6 nitrogen and oxygen atoms in total. The van der Waals surface area contributed by atoms with E-state index in [-0.39, 0.29) is 22.8 Å². The van der Waals surface area contributed by atoms with Crippen molar-refractivity contribution in [3.63, 3.8) is 0 Å². The third-order valence-corrected chi connectivity index (χ3v) is 7.43. The van der Waals surface area contributed by atoms with Crippen LogP contribution in [0.4, 0.5) is 0 Å². The normalized spacial score (nSPS) is 13.2. The topological polar surface area (TPSA) is 84.1 Å². The molecule has 30 heavy (non-hydrogen) atoms. The minimum atomic E-state index is -0.273. The fraction of sp³-hybridized carbons (Fsp3) is 0.409. The summed E-state index contributed by atoms with van der Waals surface area (Å²) in [6, 6.07) is 7.68. The number of ether oxygens (including phenoxy) is 1. The summed E-state index contributed by atoms with van der Waals surface area (Å²) in [4.78, 5) is 34.4. The second kappa shape index (κ2) is 9.66. The molecular formula is C22H27N3O3S2. The van der Waals surface area contributed by atoms with Crippen LogP contribution < -0.4 is 15.6 Å². The van der Waals surface area contributed by atoms with Crippen molar-refractivity contribution in [2.24, 2.45) is 0 Å². The fourth-order valence-electron chi connectivity index (χ4n) is 3.19. The van der Waals surface area contributed by atoms with Crippen molar-refractivity contribution in [3.8, 4) is 5.75 Å². The Balaban J connectivity index is 1.63. The Bertz CT molecular complexity index is 1090. The van der Waals surface area contributed by atoms with Crippen molar-refractivity contribution < 1.29 is 9.53 Å². The zero-order valence-electron chi connectivity index (χ0n) is 17.9. The van der Waals surface area contributed by atoms with Crippen molar-refractivity contribution in [2.75, 3.05) is 7.11 Å². The first-order valence-corrected chi connectivity index (χ1v) is 11.7. The molecule has 3 rings (SSSR count). The number of H-pyrrole nitrogens is 1. The zero-order valence-corrected chi connectivity index (χ0v) is 19.5. The third-order valence-electron chi connectivity index (χ3n) is 5.17. The highest BCUT2D eigenvalue weighted by Gasteiger charge is 2.19. The molecule has 2 aromatic heterocycles. The van der Waals surface area contributed by atoms with Crippen LogP contribution in [0.2, 0.25) is 0 Å². The lowest BCUT2D eigenvalue weighted by atomic mass is 10.0. The molecule has 1 aromatic carbocycles. The molecule has 3 aromatic rings. The van der Waals surface area contributed by atoms with Gasteiger partial charge in [0.25, 0.3) is 5.56 Å². The Morgan fingerprint density at radius 1 is 1.30 bits per heavy atom. The largest absolute Gasteiger partial charge is 0.497 e. The van der Waals surface area contributed by atoms with E-state index in [1.54, 1.807) is 7.11 Å². The predicted octanol–water partition coefficient (Wildman–Crippen LogP) is 4.50. The van der Waals surface area contributed by atoms with E-state index in [0.29, 0.717) is 17.0 Å². The van der Waals surface area contributed by atoms with Gasteiger partial charge in [-0.2, -0.15) is 0 Å². The van der Waals surface area contributed by atoms with Crippen LogP contribution in [0.25, 0.3) is 10.2 Å². The van der Waals surface area contributed by atoms with Crippen LogP contribution >= 0.6 is 23.1 Å². The molecule has 2 heterocycles. The number of nitrogens with one attached hydrogen (secondary N) is 2. The second-order valence-corrected chi connectivity index (χ2v) is 9.70. The molecule has 1 amide bonds. The smallest absolute Gasteiger partial charge is 0.259 e. The third kappa shape index (κ3) is 4.87. The lowest BCUT2D eigenvalue weighted by Gasteiger charge is -2.20. The van der Waals surface area contributed by atoms with E-state index in [4.69, 9.17) is 4.74 Å². The molecule has 2 unspecified atom stereocenters. The van der Waals surface area contributed by atoms with Gasteiger partial charge in [0, 0.05) is 4.88 Å². The number of rotatable bonds is 8. The molecule has 0 aliphatic carbocycles. The minimum absolute atomic E-state index is 0.0334. The summed E-state index contributed by atoms with van der Waals surface area (Å²) in [6.45, 7) is 7.85. The predicted molar refractivity (Wildman–Crippen MR) is 125 cm³/mol. The molecule has 0 spiro atoms. The van der Waals surface area contributed by atoms with Gasteiger partial charge in [-0.1, -0.05) is 19.1 Å². The number of hydrogen-bond acceptors (Lipinski definition) is 6. The summed E-state index contributed by atoms with van der Waals surface area (Å²) in [5.41, 5.74) is 1.92. The monoisotopic (exact) mass is 445 g/mol. The van der Waals surface area contributed by atoms with Crippen LogP contribution in [-0.4, -0.2) is 28.2 Å². The summed E-state index contributed by atoms with van der Waals surface area (Å²) in [6.07, 6.45) is 0.790. The van der Waals surface area contributed by atoms with E-state index in [0.717, 1.165) is 33.0 Å². The van der Waals surface area contributed by atoms with E-state index in [9.17, 15) is 9.59 Å². The Hall–Kier alpha value is -2.32. The summed E-state index contributed by atoms with van der Waals surface area (Å²) in [7, 11) is 1.63. The van der Waals surface area contributed by atoms with Gasteiger partial charge < -0.3 is 15.0 Å². The van der Waals surface area contributed by atoms with E-state index >= 15 is 0 Å². The highest BCUT2D eigenvalue weighted by molar-refractivity contribution is 7.99. The van der Waals surface area contributed by atoms with Crippen molar-refractivity contribution in [3.05, 3.63) is 56.4 Å². The number of amides is 1. The number of carbonyl (C=O) groups excluding carboxylic acids is 1. The molecule has 0 radical (unpaired) electrons. The van der Waals surface area contributed by atoms with Crippen molar-refractivity contribution in [1.29, 1.82) is 0 Å². The first-order chi connectivity index (χ1) is 14.3. The van der Waals surface area contributed by atoms with E-state index in [2.05, 4.69) is 15.3 Å². The van der Waals surface area contributed by atoms with Gasteiger partial charge in [-0.25, -0.2) is 4.98 Å². The summed E-state index contributed by atoms with van der Waals surface area (Å²) in [5.74, 6) is 1.82. The number of aryl methyl sites for hydroxylation is 2. The maximum absolute atomic E-state index is 12.7. The Labute approximate surface area is 184 Å². The quantitative estimate of drug-likeness (QED) is 0.533. The number of hydrogen-bond donors (Lipinski definition) is 2. The Kier molecular flexibility index (Phi) is 7.20. The van der Waals surface area contributed by atoms with Crippen LogP contribution in [0, 0.1) is 13.8 Å². The molecule has 2 N–H and O–H groups in total. The van der Waals surface area contributed by atoms with Gasteiger partial charge in [-0.05, 0) is 50.5 Å². The zero-order chi connectivity index (χ0) is 21.8. The van der Waals surface area contributed by atoms with E-state index in [1.807, 2.05) is 52.0 Å². The molecule has 160 valence electrons. The highest BCUT2D eigenvalue weighted by atomic mass is 32.2. The summed E-state index contributed by atoms with van der Waals surface area (Å²) >= 11 is 2.99. The number of methoxy groups -OCH3 is 1. The number of thioether (sulfide) groups is 1. The van der Waals surface area contributed by atoms with Gasteiger partial charge in [-0.3, -0.25) is 9.59 Å². The first kappa shape index (κ1) is 22.4. The van der Waals surface area contributed by atoms with Gasteiger partial charge in [0.15, 0.2) is 0 Å². The standard InChI is InChI=1S/C22H27N3O3S2/c1-6-17(15-7-9-16(28-5)10-8-15)23-20(26)14(4)29-11-18-24-21(27)19-12(2)13(3)30-22(19)25-18/h7-10,14,17H,6,11H2,1-5H3,(H,23,26)(H,24,25,27). The SMILES string of the molecule is CCC(NC(=O)C(C)SCc1nc2sc(C)c(C)c2c(=O)[nH]1)c1ccc(OC)cc1. The second-order valence-electron chi connectivity index (χ2n) is 7.17. The minimum Gasteiger partial charge on any atom is -0.497 e. The average molecular weight is 446 g/mol. The number of benzene rings is 1. The number of aromatic amines is 1. The first-order valence-electron chi connectivity index (χ1n) is 9.88. The van der Waals surface area contributed by atoms with Crippen LogP contribution in [0.1, 0.15) is 48.1 Å². The molecule has 0 saturated carbocycles. The molecule has 0 fully saturated rings. The number of nitrogens with zero attached hydrogens (tertiary/aromatic N) is 1. The average Bonchev–Trinajstić information content (AvgIpc) is 3.04. The van der Waals surface area contributed by atoms with E-state index < -0.39 is 0 Å². The van der Waals surface area contributed by atoms with Gasteiger partial charge >= 0.3 is 0 Å². The van der Waals surface area contributed by atoms with Crippen molar-refractivity contribution in [1.82, 2.24) is 15.3 Å². The molecule has 2 atom stereocenters. The maximum atomic E-state index is 12.7. The number of thiophene rings is 1. The van der Waals surface area contributed by atoms with Gasteiger partial charge in [0.05, 0.1) is 29.5 Å². The van der Waals surface area contributed by atoms with Gasteiger partial charge in [0.1, 0.15) is 16.4 Å². The van der Waals surface area contributed by atoms with Crippen LogP contribution in [0.5, 0.6) is 5.75 Å². The summed E-state index contributed by atoms with van der Waals surface area (Å²) in [5, 5.41) is 3.51. The number of aromatic nitrogens is 2. The molecule has 0 aliphatic rings. The lowest BCUT2D eigenvalue weighted by molar-refractivity contribution is -0.121. The Morgan fingerprint density at radius 3 is 2.63 bits per heavy atom. The number of fused-ring (bicyclic) bond motifs is 1. The number of carbonyl (C=O) groups is 1. The lowest BCUT2D eigenvalue weighted by Crippen LogP contribution is -2.34. The van der Waals surface area contributed by atoms with Crippen LogP contribution in [0.15, 0.2) is 29.1 Å². The summed E-state index contributed by atoms with van der Waals surface area (Å²) < 4.78 is 5.20. The van der Waals surface area contributed by atoms with Crippen molar-refractivity contribution in [2.45, 2.75) is 51.2 Å². The maximum Gasteiger partial charge on any atom is 0.259 e. The highest BCUT2D eigenvalue weighted by Crippen LogP contribution is 2.27. The molecule has 0 aliphatic heterocycles.